The quantitative estimate of drug-likeness (QED) is 0.757. The van der Waals surface area contributed by atoms with Gasteiger partial charge in [0, 0.05) is 24.5 Å². The maximum absolute atomic E-state index is 10.8. The van der Waals surface area contributed by atoms with Gasteiger partial charge in [-0.2, -0.15) is 5.10 Å². The number of aromatic hydroxyl groups is 1. The van der Waals surface area contributed by atoms with Crippen LogP contribution < -0.4 is 5.32 Å². The molecule has 5 unspecified atom stereocenters. The third-order valence-corrected chi connectivity index (χ3v) is 4.48. The molecule has 23 heavy (non-hydrogen) atoms. The Bertz CT molecular complexity index is 663. The predicted molar refractivity (Wildman–Crippen MR) is 80.6 cm³/mol. The van der Waals surface area contributed by atoms with Crippen molar-refractivity contribution >= 4 is 0 Å². The minimum Gasteiger partial charge on any atom is -0.508 e. The second-order valence-corrected chi connectivity index (χ2v) is 5.88. The van der Waals surface area contributed by atoms with Crippen LogP contribution in [-0.4, -0.2) is 51.1 Å². The number of fused-ring (bicyclic) bond motifs is 2. The number of para-hydroxylation sites is 1. The molecule has 0 radical (unpaired) electrons. The first-order chi connectivity index (χ1) is 11.2. The van der Waals surface area contributed by atoms with Crippen LogP contribution in [0, 0.1) is 0 Å². The summed E-state index contributed by atoms with van der Waals surface area (Å²) in [4.78, 5) is 0. The topological polar surface area (TPSA) is 88.8 Å². The number of phenols is 1. The van der Waals surface area contributed by atoms with E-state index >= 15 is 0 Å². The van der Waals surface area contributed by atoms with Gasteiger partial charge in [-0.3, -0.25) is 4.68 Å². The first kappa shape index (κ1) is 14.6. The van der Waals surface area contributed by atoms with E-state index in [1.165, 1.54) is 0 Å². The summed E-state index contributed by atoms with van der Waals surface area (Å²) in [6.07, 6.45) is 2.05. The summed E-state index contributed by atoms with van der Waals surface area (Å²) >= 11 is 0. The molecule has 7 nitrogen and oxygen atoms in total. The number of hydrogen-bond acceptors (Lipinski definition) is 6. The maximum atomic E-state index is 10.8. The standard InChI is InChI=1S/C16H19N3O4/c20-11-5-2-1-4-10(11)8-17-13-12-9-22-16(23-12)14(15(13)21)19-7-3-6-18-19/h1-7,12-17,20-21H,8-9H2. The summed E-state index contributed by atoms with van der Waals surface area (Å²) in [5.74, 6) is 0.232. The fourth-order valence-electron chi connectivity index (χ4n) is 3.28. The van der Waals surface area contributed by atoms with Crippen LogP contribution in [0.2, 0.25) is 0 Å². The van der Waals surface area contributed by atoms with Crippen molar-refractivity contribution < 1.29 is 19.7 Å². The van der Waals surface area contributed by atoms with Crippen LogP contribution in [0.25, 0.3) is 0 Å². The van der Waals surface area contributed by atoms with E-state index in [9.17, 15) is 10.2 Å². The molecule has 122 valence electrons. The lowest BCUT2D eigenvalue weighted by Gasteiger charge is -2.38. The van der Waals surface area contributed by atoms with Gasteiger partial charge in [-0.25, -0.2) is 0 Å². The summed E-state index contributed by atoms with van der Waals surface area (Å²) in [7, 11) is 0. The normalized spacial score (nSPS) is 33.0. The van der Waals surface area contributed by atoms with Gasteiger partial charge >= 0.3 is 0 Å². The molecule has 3 N–H and O–H groups in total. The zero-order valence-electron chi connectivity index (χ0n) is 12.4. The highest BCUT2D eigenvalue weighted by Gasteiger charge is 2.51. The number of nitrogens with zero attached hydrogens (tertiary/aromatic N) is 2. The van der Waals surface area contributed by atoms with Crippen LogP contribution in [0.5, 0.6) is 5.75 Å². The number of aromatic nitrogens is 2. The zero-order valence-corrected chi connectivity index (χ0v) is 12.4. The highest BCUT2D eigenvalue weighted by atomic mass is 16.7. The maximum Gasteiger partial charge on any atom is 0.183 e. The number of hydrogen-bond donors (Lipinski definition) is 3. The molecule has 0 amide bonds. The van der Waals surface area contributed by atoms with Crippen molar-refractivity contribution in [3.05, 3.63) is 48.3 Å². The monoisotopic (exact) mass is 317 g/mol. The van der Waals surface area contributed by atoms with Gasteiger partial charge in [-0.1, -0.05) is 18.2 Å². The van der Waals surface area contributed by atoms with Gasteiger partial charge in [0.25, 0.3) is 0 Å². The number of rotatable bonds is 4. The van der Waals surface area contributed by atoms with Gasteiger partial charge < -0.3 is 25.0 Å². The van der Waals surface area contributed by atoms with Crippen LogP contribution in [0.15, 0.2) is 42.7 Å². The molecule has 0 saturated carbocycles. The Labute approximate surface area is 133 Å². The Hall–Kier alpha value is -1.93. The molecule has 3 heterocycles. The average molecular weight is 317 g/mol. The van der Waals surface area contributed by atoms with Gasteiger partial charge in [-0.05, 0) is 12.1 Å². The number of aliphatic hydroxyl groups is 1. The Balaban J connectivity index is 1.52. The van der Waals surface area contributed by atoms with E-state index in [4.69, 9.17) is 9.47 Å². The summed E-state index contributed by atoms with van der Waals surface area (Å²) in [6.45, 7) is 0.864. The molecule has 2 aliphatic rings. The van der Waals surface area contributed by atoms with Crippen LogP contribution in [-0.2, 0) is 16.0 Å². The molecule has 2 aliphatic heterocycles. The van der Waals surface area contributed by atoms with Crippen LogP contribution in [0.4, 0.5) is 0 Å². The van der Waals surface area contributed by atoms with Crippen molar-refractivity contribution in [2.75, 3.05) is 6.61 Å². The highest BCUT2D eigenvalue weighted by molar-refractivity contribution is 5.31. The second-order valence-electron chi connectivity index (χ2n) is 5.88. The number of aliphatic hydroxyl groups excluding tert-OH is 1. The first-order valence-electron chi connectivity index (χ1n) is 7.68. The molecule has 2 saturated heterocycles. The molecular weight excluding hydrogens is 298 g/mol. The third-order valence-electron chi connectivity index (χ3n) is 4.48. The number of phenolic OH excluding ortho intramolecular Hbond substituents is 1. The number of nitrogens with one attached hydrogen (secondary N) is 1. The lowest BCUT2D eigenvalue weighted by molar-refractivity contribution is -0.168. The molecule has 2 fully saturated rings. The van der Waals surface area contributed by atoms with Crippen molar-refractivity contribution in [3.63, 3.8) is 0 Å². The minimum absolute atomic E-state index is 0.215. The molecule has 0 spiro atoms. The van der Waals surface area contributed by atoms with Crippen LogP contribution in [0.1, 0.15) is 11.6 Å². The third kappa shape index (κ3) is 2.61. The summed E-state index contributed by atoms with van der Waals surface area (Å²) in [5, 5.41) is 28.1. The first-order valence-corrected chi connectivity index (χ1v) is 7.68. The van der Waals surface area contributed by atoms with Crippen molar-refractivity contribution in [2.45, 2.75) is 37.1 Å². The molecule has 5 atom stereocenters. The fourth-order valence-corrected chi connectivity index (χ4v) is 3.28. The molecule has 1 aromatic heterocycles. The van der Waals surface area contributed by atoms with Gasteiger partial charge in [0.1, 0.15) is 17.9 Å². The van der Waals surface area contributed by atoms with Crippen LogP contribution in [0.3, 0.4) is 0 Å². The fraction of sp³-hybridized carbons (Fsp3) is 0.438. The van der Waals surface area contributed by atoms with Gasteiger partial charge in [0.2, 0.25) is 0 Å². The molecule has 0 aliphatic carbocycles. The molecule has 2 bridgehead atoms. The Morgan fingerprint density at radius 2 is 2.17 bits per heavy atom. The molecular formula is C16H19N3O4. The summed E-state index contributed by atoms with van der Waals surface area (Å²) in [6, 6.07) is 8.24. The van der Waals surface area contributed by atoms with Crippen molar-refractivity contribution in [1.82, 2.24) is 15.1 Å². The Morgan fingerprint density at radius 1 is 1.30 bits per heavy atom. The molecule has 7 heteroatoms. The average Bonchev–Trinajstić information content (AvgIpc) is 3.21. The lowest BCUT2D eigenvalue weighted by atomic mass is 9.96. The summed E-state index contributed by atoms with van der Waals surface area (Å²) in [5.41, 5.74) is 0.774. The summed E-state index contributed by atoms with van der Waals surface area (Å²) < 4.78 is 13.2. The van der Waals surface area contributed by atoms with E-state index in [0.717, 1.165) is 5.56 Å². The number of benzene rings is 1. The molecule has 1 aromatic carbocycles. The smallest absolute Gasteiger partial charge is 0.183 e. The van der Waals surface area contributed by atoms with Crippen molar-refractivity contribution in [1.29, 1.82) is 0 Å². The number of ether oxygens (including phenoxy) is 2. The van der Waals surface area contributed by atoms with E-state index in [-0.39, 0.29) is 17.9 Å². The SMILES string of the molecule is Oc1ccccc1CNC1C2COC(O2)C(n2cccn2)C1O. The van der Waals surface area contributed by atoms with E-state index < -0.39 is 18.4 Å². The van der Waals surface area contributed by atoms with Gasteiger partial charge in [0.05, 0.1) is 18.8 Å². The molecule has 4 rings (SSSR count). The van der Waals surface area contributed by atoms with Crippen molar-refractivity contribution in [3.8, 4) is 5.75 Å². The van der Waals surface area contributed by atoms with E-state index in [0.29, 0.717) is 13.2 Å². The lowest BCUT2D eigenvalue weighted by Crippen LogP contribution is -2.57. The minimum atomic E-state index is -0.702. The zero-order chi connectivity index (χ0) is 15.8. The van der Waals surface area contributed by atoms with E-state index in [1.807, 2.05) is 12.1 Å². The second kappa shape index (κ2) is 5.93. The van der Waals surface area contributed by atoms with Gasteiger partial charge in [0.15, 0.2) is 6.29 Å². The van der Waals surface area contributed by atoms with Gasteiger partial charge in [-0.15, -0.1) is 0 Å². The van der Waals surface area contributed by atoms with Crippen molar-refractivity contribution in [2.24, 2.45) is 0 Å². The molecule has 2 aromatic rings. The predicted octanol–water partition coefficient (Wildman–Crippen LogP) is 0.404. The van der Waals surface area contributed by atoms with E-state index in [2.05, 4.69) is 10.4 Å². The van der Waals surface area contributed by atoms with Crippen LogP contribution >= 0.6 is 0 Å². The highest BCUT2D eigenvalue weighted by Crippen LogP contribution is 2.35. The largest absolute Gasteiger partial charge is 0.508 e. The Kier molecular flexibility index (Phi) is 3.78. The van der Waals surface area contributed by atoms with E-state index in [1.54, 1.807) is 35.3 Å². The Morgan fingerprint density at radius 3 is 2.96 bits per heavy atom.